The number of amides is 1. The zero-order valence-electron chi connectivity index (χ0n) is 9.67. The quantitative estimate of drug-likeness (QED) is 0.498. The number of benzene rings is 1. The van der Waals surface area contributed by atoms with E-state index in [1.54, 1.807) is 17.6 Å². The molecule has 0 fully saturated rings. The third-order valence-corrected chi connectivity index (χ3v) is 2.90. The van der Waals surface area contributed by atoms with Gasteiger partial charge in [-0.05, 0) is 12.1 Å². The number of hydrogen-bond acceptors (Lipinski definition) is 3. The van der Waals surface area contributed by atoms with Crippen molar-refractivity contribution in [3.05, 3.63) is 30.1 Å². The SMILES string of the molecule is O=C(CCSc1ccccc1F)NOCC(F)(F)F. The van der Waals surface area contributed by atoms with Gasteiger partial charge in [0.05, 0.1) is 0 Å². The number of alkyl halides is 3. The Hall–Kier alpha value is -1.28. The van der Waals surface area contributed by atoms with Crippen molar-refractivity contribution >= 4 is 17.7 Å². The van der Waals surface area contributed by atoms with Crippen LogP contribution in [0.15, 0.2) is 29.2 Å². The minimum atomic E-state index is -4.49. The third-order valence-electron chi connectivity index (χ3n) is 1.85. The molecule has 0 spiro atoms. The molecule has 1 aromatic carbocycles. The Balaban J connectivity index is 2.19. The summed E-state index contributed by atoms with van der Waals surface area (Å²) in [5.74, 6) is -0.850. The topological polar surface area (TPSA) is 38.3 Å². The van der Waals surface area contributed by atoms with Gasteiger partial charge in [0.25, 0.3) is 0 Å². The molecule has 0 saturated heterocycles. The number of rotatable bonds is 6. The number of hydrogen-bond donors (Lipinski definition) is 1. The van der Waals surface area contributed by atoms with E-state index in [9.17, 15) is 22.4 Å². The molecular formula is C11H11F4NO2S. The number of hydroxylamine groups is 1. The fourth-order valence-electron chi connectivity index (χ4n) is 1.06. The number of nitrogens with one attached hydrogen (secondary N) is 1. The van der Waals surface area contributed by atoms with Crippen molar-refractivity contribution in [1.29, 1.82) is 0 Å². The molecule has 8 heteroatoms. The van der Waals surface area contributed by atoms with Gasteiger partial charge in [0, 0.05) is 17.1 Å². The largest absolute Gasteiger partial charge is 0.414 e. The first-order valence-corrected chi connectivity index (χ1v) is 6.22. The normalized spacial score (nSPS) is 11.4. The molecule has 1 aromatic rings. The standard InChI is InChI=1S/C11H11F4NO2S/c12-8-3-1-2-4-9(8)19-6-5-10(17)16-18-7-11(13,14)15/h1-4H,5-7H2,(H,16,17). The lowest BCUT2D eigenvalue weighted by Gasteiger charge is -2.08. The highest BCUT2D eigenvalue weighted by Crippen LogP contribution is 2.21. The minimum absolute atomic E-state index is 0.0726. The van der Waals surface area contributed by atoms with Gasteiger partial charge in [-0.3, -0.25) is 9.63 Å². The van der Waals surface area contributed by atoms with Crippen molar-refractivity contribution in [3.63, 3.8) is 0 Å². The number of carbonyl (C=O) groups is 1. The van der Waals surface area contributed by atoms with Crippen LogP contribution in [0.4, 0.5) is 17.6 Å². The molecule has 0 heterocycles. The fourth-order valence-corrected chi connectivity index (χ4v) is 1.95. The summed E-state index contributed by atoms with van der Waals surface area (Å²) < 4.78 is 48.3. The highest BCUT2D eigenvalue weighted by atomic mass is 32.2. The lowest BCUT2D eigenvalue weighted by molar-refractivity contribution is -0.191. The molecule has 0 atom stereocenters. The summed E-state index contributed by atoms with van der Waals surface area (Å²) in [5.41, 5.74) is 1.67. The highest BCUT2D eigenvalue weighted by Gasteiger charge is 2.28. The van der Waals surface area contributed by atoms with Gasteiger partial charge in [-0.2, -0.15) is 13.2 Å². The van der Waals surface area contributed by atoms with Crippen molar-refractivity contribution in [1.82, 2.24) is 5.48 Å². The molecular weight excluding hydrogens is 286 g/mol. The molecule has 0 radical (unpaired) electrons. The molecule has 0 saturated carbocycles. The van der Waals surface area contributed by atoms with Crippen LogP contribution in [-0.4, -0.2) is 24.4 Å². The van der Waals surface area contributed by atoms with Gasteiger partial charge in [-0.1, -0.05) is 12.1 Å². The smallest absolute Gasteiger partial charge is 0.273 e. The van der Waals surface area contributed by atoms with Crippen LogP contribution in [0, 0.1) is 5.82 Å². The Morgan fingerprint density at radius 3 is 2.63 bits per heavy atom. The van der Waals surface area contributed by atoms with E-state index < -0.39 is 24.5 Å². The Morgan fingerprint density at radius 2 is 2.00 bits per heavy atom. The lowest BCUT2D eigenvalue weighted by Crippen LogP contribution is -2.29. The Kier molecular flexibility index (Phi) is 6.10. The first kappa shape index (κ1) is 15.8. The molecule has 0 aliphatic heterocycles. The molecule has 0 aliphatic rings. The number of halogens is 4. The molecule has 19 heavy (non-hydrogen) atoms. The van der Waals surface area contributed by atoms with E-state index in [0.29, 0.717) is 4.90 Å². The van der Waals surface area contributed by atoms with Gasteiger partial charge in [0.2, 0.25) is 5.91 Å². The molecule has 0 unspecified atom stereocenters. The number of carbonyl (C=O) groups excluding carboxylic acids is 1. The van der Waals surface area contributed by atoms with Crippen LogP contribution in [0.25, 0.3) is 0 Å². The zero-order chi connectivity index (χ0) is 14.3. The van der Waals surface area contributed by atoms with Gasteiger partial charge in [0.15, 0.2) is 6.61 Å². The molecule has 0 aliphatic carbocycles. The molecule has 1 N–H and O–H groups in total. The monoisotopic (exact) mass is 297 g/mol. The molecule has 0 bridgehead atoms. The van der Waals surface area contributed by atoms with E-state index in [1.165, 1.54) is 12.1 Å². The Labute approximate surface area is 111 Å². The third kappa shape index (κ3) is 7.02. The Morgan fingerprint density at radius 1 is 1.32 bits per heavy atom. The minimum Gasteiger partial charge on any atom is -0.273 e. The van der Waals surface area contributed by atoms with E-state index in [4.69, 9.17) is 0 Å². The van der Waals surface area contributed by atoms with E-state index >= 15 is 0 Å². The van der Waals surface area contributed by atoms with Crippen LogP contribution in [-0.2, 0) is 9.63 Å². The average molecular weight is 297 g/mol. The maximum Gasteiger partial charge on any atom is 0.414 e. The zero-order valence-corrected chi connectivity index (χ0v) is 10.5. The van der Waals surface area contributed by atoms with Crippen molar-refractivity contribution < 1.29 is 27.2 Å². The second-order valence-electron chi connectivity index (χ2n) is 3.46. The van der Waals surface area contributed by atoms with Crippen molar-refractivity contribution in [3.8, 4) is 0 Å². The maximum absolute atomic E-state index is 13.2. The summed E-state index contributed by atoms with van der Waals surface area (Å²) in [4.78, 5) is 15.5. The summed E-state index contributed by atoms with van der Waals surface area (Å²) in [6.45, 7) is -1.54. The summed E-state index contributed by atoms with van der Waals surface area (Å²) >= 11 is 1.10. The second-order valence-corrected chi connectivity index (χ2v) is 4.59. The van der Waals surface area contributed by atoms with Crippen molar-refractivity contribution in [2.45, 2.75) is 17.5 Å². The molecule has 0 aromatic heterocycles. The van der Waals surface area contributed by atoms with Gasteiger partial charge in [-0.25, -0.2) is 9.87 Å². The van der Waals surface area contributed by atoms with E-state index in [0.717, 1.165) is 11.8 Å². The molecule has 1 rings (SSSR count). The van der Waals surface area contributed by atoms with Crippen molar-refractivity contribution in [2.75, 3.05) is 12.4 Å². The van der Waals surface area contributed by atoms with Gasteiger partial charge < -0.3 is 0 Å². The first-order valence-electron chi connectivity index (χ1n) is 5.23. The molecule has 1 amide bonds. The maximum atomic E-state index is 13.2. The first-order chi connectivity index (χ1) is 8.88. The average Bonchev–Trinajstić information content (AvgIpc) is 2.30. The van der Waals surface area contributed by atoms with Crippen LogP contribution in [0.2, 0.25) is 0 Å². The van der Waals surface area contributed by atoms with E-state index in [-0.39, 0.29) is 12.2 Å². The van der Waals surface area contributed by atoms with Crippen LogP contribution in [0.1, 0.15) is 6.42 Å². The van der Waals surface area contributed by atoms with Crippen LogP contribution in [0.5, 0.6) is 0 Å². The van der Waals surface area contributed by atoms with Gasteiger partial charge in [0.1, 0.15) is 5.82 Å². The predicted octanol–water partition coefficient (Wildman–Crippen LogP) is 2.92. The lowest BCUT2D eigenvalue weighted by atomic mass is 10.3. The summed E-state index contributed by atoms with van der Waals surface area (Å²) in [5, 5.41) is 0. The van der Waals surface area contributed by atoms with Gasteiger partial charge >= 0.3 is 6.18 Å². The van der Waals surface area contributed by atoms with Crippen LogP contribution < -0.4 is 5.48 Å². The predicted molar refractivity (Wildman–Crippen MR) is 61.9 cm³/mol. The second kappa shape index (κ2) is 7.34. The number of thioether (sulfide) groups is 1. The molecule has 106 valence electrons. The Bertz CT molecular complexity index is 425. The van der Waals surface area contributed by atoms with Crippen LogP contribution in [0.3, 0.4) is 0 Å². The van der Waals surface area contributed by atoms with E-state index in [2.05, 4.69) is 4.84 Å². The molecule has 3 nitrogen and oxygen atoms in total. The highest BCUT2D eigenvalue weighted by molar-refractivity contribution is 7.99. The fraction of sp³-hybridized carbons (Fsp3) is 0.364. The summed E-state index contributed by atoms with van der Waals surface area (Å²) in [7, 11) is 0. The van der Waals surface area contributed by atoms with E-state index in [1.807, 2.05) is 0 Å². The summed E-state index contributed by atoms with van der Waals surface area (Å²) in [6, 6.07) is 6.03. The van der Waals surface area contributed by atoms with Crippen molar-refractivity contribution in [2.24, 2.45) is 0 Å². The summed E-state index contributed by atoms with van der Waals surface area (Å²) in [6.07, 6.45) is -4.56. The van der Waals surface area contributed by atoms with Crippen LogP contribution >= 0.6 is 11.8 Å². The van der Waals surface area contributed by atoms with Gasteiger partial charge in [-0.15, -0.1) is 11.8 Å².